The predicted octanol–water partition coefficient (Wildman–Crippen LogP) is 2.64. The number of hydrogen-bond acceptors (Lipinski definition) is 2. The second-order valence-corrected chi connectivity index (χ2v) is 4.06. The molecule has 0 saturated heterocycles. The number of nitrogens with zero attached hydrogens (tertiary/aromatic N) is 1. The monoisotopic (exact) mass is 223 g/mol. The summed E-state index contributed by atoms with van der Waals surface area (Å²) in [5.41, 5.74) is 1.07. The van der Waals surface area contributed by atoms with Crippen molar-refractivity contribution in [1.82, 2.24) is 4.90 Å². The molecule has 15 heavy (non-hydrogen) atoms. The number of likely N-dealkylation sites (N-methyl/N-ethyl adjacent to an activating group) is 1. The molecule has 2 nitrogen and oxygen atoms in total. The van der Waals surface area contributed by atoms with Crippen molar-refractivity contribution in [3.8, 4) is 0 Å². The molecular formula is C12H14ClNO. The molecule has 0 bridgehead atoms. The molecule has 1 aromatic carbocycles. The van der Waals surface area contributed by atoms with Gasteiger partial charge in [0.25, 0.3) is 0 Å². The minimum absolute atomic E-state index is 0.0886. The fourth-order valence-electron chi connectivity index (χ4n) is 1.29. The highest BCUT2D eigenvalue weighted by molar-refractivity contribution is 6.34. The van der Waals surface area contributed by atoms with E-state index in [1.54, 1.807) is 24.3 Å². The van der Waals surface area contributed by atoms with Gasteiger partial charge in [-0.3, -0.25) is 4.79 Å². The maximum absolute atomic E-state index is 11.9. The van der Waals surface area contributed by atoms with Crippen LogP contribution in [-0.2, 0) is 0 Å². The molecule has 1 aromatic rings. The van der Waals surface area contributed by atoms with Crippen molar-refractivity contribution in [2.24, 2.45) is 0 Å². The van der Waals surface area contributed by atoms with Crippen molar-refractivity contribution < 1.29 is 4.79 Å². The van der Waals surface area contributed by atoms with Crippen molar-refractivity contribution >= 4 is 17.4 Å². The van der Waals surface area contributed by atoms with Crippen LogP contribution in [0.4, 0.5) is 0 Å². The Morgan fingerprint density at radius 1 is 1.40 bits per heavy atom. The largest absolute Gasteiger partial charge is 0.305 e. The Balaban J connectivity index is 2.86. The molecule has 0 unspecified atom stereocenters. The Labute approximate surface area is 95.2 Å². The number of Topliss-reactive ketones (excluding diaryl/α,β-unsaturated/α-hetero) is 1. The first-order valence-corrected chi connectivity index (χ1v) is 5.02. The first-order valence-electron chi connectivity index (χ1n) is 4.64. The summed E-state index contributed by atoms with van der Waals surface area (Å²) in [5, 5.41) is 0.474. The van der Waals surface area contributed by atoms with Crippen molar-refractivity contribution in [3.63, 3.8) is 0 Å². The maximum atomic E-state index is 11.9. The summed E-state index contributed by atoms with van der Waals surface area (Å²) in [6.45, 7) is 4.31. The van der Waals surface area contributed by atoms with Crippen LogP contribution in [0.25, 0.3) is 0 Å². The molecule has 0 fully saturated rings. The van der Waals surface area contributed by atoms with Gasteiger partial charge in [-0.2, -0.15) is 0 Å². The van der Waals surface area contributed by atoms with Crippen LogP contribution in [0.2, 0.25) is 5.02 Å². The van der Waals surface area contributed by atoms with E-state index < -0.39 is 0 Å². The van der Waals surface area contributed by atoms with E-state index in [2.05, 4.69) is 6.58 Å². The van der Waals surface area contributed by atoms with Gasteiger partial charge in [0, 0.05) is 17.7 Å². The SMILES string of the molecule is C=C(CN(C)C)C(=O)c1ccccc1Cl. The van der Waals surface area contributed by atoms with E-state index in [0.29, 0.717) is 22.7 Å². The summed E-state index contributed by atoms with van der Waals surface area (Å²) in [5.74, 6) is -0.0886. The van der Waals surface area contributed by atoms with E-state index in [4.69, 9.17) is 11.6 Å². The molecular weight excluding hydrogens is 210 g/mol. The van der Waals surface area contributed by atoms with Gasteiger partial charge in [0.2, 0.25) is 0 Å². The minimum Gasteiger partial charge on any atom is -0.305 e. The molecule has 0 aliphatic carbocycles. The first kappa shape index (κ1) is 12.0. The van der Waals surface area contributed by atoms with E-state index in [-0.39, 0.29) is 5.78 Å². The third kappa shape index (κ3) is 3.18. The zero-order valence-electron chi connectivity index (χ0n) is 8.96. The summed E-state index contributed by atoms with van der Waals surface area (Å²) in [4.78, 5) is 13.8. The Kier molecular flexibility index (Phi) is 4.06. The summed E-state index contributed by atoms with van der Waals surface area (Å²) >= 11 is 5.92. The Morgan fingerprint density at radius 3 is 2.53 bits per heavy atom. The Bertz CT molecular complexity index is 385. The van der Waals surface area contributed by atoms with Gasteiger partial charge < -0.3 is 4.90 Å². The van der Waals surface area contributed by atoms with E-state index in [9.17, 15) is 4.79 Å². The third-order valence-corrected chi connectivity index (χ3v) is 2.28. The highest BCUT2D eigenvalue weighted by atomic mass is 35.5. The molecule has 0 aromatic heterocycles. The lowest BCUT2D eigenvalue weighted by Gasteiger charge is -2.11. The van der Waals surface area contributed by atoms with Gasteiger partial charge in [0.05, 0.1) is 5.02 Å². The van der Waals surface area contributed by atoms with Gasteiger partial charge in [-0.05, 0) is 26.2 Å². The minimum atomic E-state index is -0.0886. The van der Waals surface area contributed by atoms with Crippen LogP contribution < -0.4 is 0 Å². The van der Waals surface area contributed by atoms with Crippen LogP contribution in [0.1, 0.15) is 10.4 Å². The molecule has 0 saturated carbocycles. The molecule has 0 heterocycles. The average Bonchev–Trinajstić information content (AvgIpc) is 2.16. The van der Waals surface area contributed by atoms with Gasteiger partial charge in [0.1, 0.15) is 0 Å². The number of benzene rings is 1. The maximum Gasteiger partial charge on any atom is 0.191 e. The summed E-state index contributed by atoms with van der Waals surface area (Å²) in [6.07, 6.45) is 0. The quantitative estimate of drug-likeness (QED) is 0.578. The molecule has 0 amide bonds. The topological polar surface area (TPSA) is 20.3 Å². The van der Waals surface area contributed by atoms with Crippen LogP contribution >= 0.6 is 11.6 Å². The second kappa shape index (κ2) is 5.10. The number of hydrogen-bond donors (Lipinski definition) is 0. The third-order valence-electron chi connectivity index (χ3n) is 1.95. The molecule has 3 heteroatoms. The van der Waals surface area contributed by atoms with Gasteiger partial charge >= 0.3 is 0 Å². The van der Waals surface area contributed by atoms with Crippen molar-refractivity contribution in [1.29, 1.82) is 0 Å². The van der Waals surface area contributed by atoms with E-state index in [1.165, 1.54) is 0 Å². The molecule has 1 rings (SSSR count). The van der Waals surface area contributed by atoms with Crippen LogP contribution in [0, 0.1) is 0 Å². The molecule has 0 N–H and O–H groups in total. The highest BCUT2D eigenvalue weighted by Crippen LogP contribution is 2.18. The Morgan fingerprint density at radius 2 is 2.00 bits per heavy atom. The summed E-state index contributed by atoms with van der Waals surface area (Å²) in [6, 6.07) is 7.01. The van der Waals surface area contributed by atoms with Crippen molar-refractivity contribution in [2.45, 2.75) is 0 Å². The zero-order valence-corrected chi connectivity index (χ0v) is 9.71. The van der Waals surface area contributed by atoms with Crippen LogP contribution in [0.3, 0.4) is 0 Å². The number of rotatable bonds is 4. The summed E-state index contributed by atoms with van der Waals surface area (Å²) < 4.78 is 0. The first-order chi connectivity index (χ1) is 7.02. The van der Waals surface area contributed by atoms with Gasteiger partial charge in [0.15, 0.2) is 5.78 Å². The summed E-state index contributed by atoms with van der Waals surface area (Å²) in [7, 11) is 3.79. The predicted molar refractivity (Wildman–Crippen MR) is 63.5 cm³/mol. The van der Waals surface area contributed by atoms with E-state index in [1.807, 2.05) is 19.0 Å². The van der Waals surface area contributed by atoms with Crippen molar-refractivity contribution in [2.75, 3.05) is 20.6 Å². The lowest BCUT2D eigenvalue weighted by Crippen LogP contribution is -2.19. The van der Waals surface area contributed by atoms with Gasteiger partial charge in [-0.25, -0.2) is 0 Å². The van der Waals surface area contributed by atoms with Gasteiger partial charge in [-0.1, -0.05) is 30.3 Å². The fraction of sp³-hybridized carbons (Fsp3) is 0.250. The number of halogens is 1. The average molecular weight is 224 g/mol. The standard InChI is InChI=1S/C12H14ClNO/c1-9(8-14(2)3)12(15)10-6-4-5-7-11(10)13/h4-7H,1,8H2,2-3H3. The molecule has 80 valence electrons. The zero-order chi connectivity index (χ0) is 11.4. The molecule has 0 radical (unpaired) electrons. The molecule has 0 spiro atoms. The molecule has 0 atom stereocenters. The second-order valence-electron chi connectivity index (χ2n) is 3.65. The van der Waals surface area contributed by atoms with E-state index >= 15 is 0 Å². The van der Waals surface area contributed by atoms with Crippen LogP contribution in [-0.4, -0.2) is 31.3 Å². The number of carbonyl (C=O) groups excluding carboxylic acids is 1. The Hall–Kier alpha value is -1.12. The van der Waals surface area contributed by atoms with Crippen LogP contribution in [0.15, 0.2) is 36.4 Å². The van der Waals surface area contributed by atoms with Gasteiger partial charge in [-0.15, -0.1) is 0 Å². The molecule has 0 aliphatic heterocycles. The molecule has 0 aliphatic rings. The van der Waals surface area contributed by atoms with E-state index in [0.717, 1.165) is 0 Å². The van der Waals surface area contributed by atoms with Crippen molar-refractivity contribution in [3.05, 3.63) is 47.0 Å². The number of ketones is 1. The number of carbonyl (C=O) groups is 1. The lowest BCUT2D eigenvalue weighted by atomic mass is 10.0. The lowest BCUT2D eigenvalue weighted by molar-refractivity contribution is 0.102. The highest BCUT2D eigenvalue weighted by Gasteiger charge is 2.13. The van der Waals surface area contributed by atoms with Crippen LogP contribution in [0.5, 0.6) is 0 Å². The fourth-order valence-corrected chi connectivity index (χ4v) is 1.51. The normalized spacial score (nSPS) is 10.4. The smallest absolute Gasteiger partial charge is 0.191 e.